The zero-order chi connectivity index (χ0) is 30.1. The Bertz CT molecular complexity index is 1360. The van der Waals surface area contributed by atoms with Crippen LogP contribution in [0.5, 0.6) is 11.5 Å². The number of aliphatic carboxylic acids is 1. The summed E-state index contributed by atoms with van der Waals surface area (Å²) in [6, 6.07) is 2.94. The quantitative estimate of drug-likeness (QED) is 0.308. The van der Waals surface area contributed by atoms with Gasteiger partial charge in [0.05, 0.1) is 17.4 Å². The second kappa shape index (κ2) is 9.62. The number of carbonyl (C=O) groups is 4. The number of alkyl halides is 3. The van der Waals surface area contributed by atoms with Gasteiger partial charge in [0.15, 0.2) is 23.7 Å². The van der Waals surface area contributed by atoms with E-state index < -0.39 is 65.8 Å². The molecule has 1 spiro atoms. The molecule has 41 heavy (non-hydrogen) atoms. The molecule has 0 unspecified atom stereocenters. The van der Waals surface area contributed by atoms with E-state index in [1.54, 1.807) is 6.07 Å². The SMILES string of the molecule is C[C@H](OC(=O)[C@H](CC(=O)O)OC(=O)C(F)(F)F)C(=O)OC1=CC[C@@]2(O)[C@H]3Cc4ccc(O)c5c4[C@@]2(CCN3C)[C@H]1O5. The van der Waals surface area contributed by atoms with Crippen LogP contribution in [0.1, 0.15) is 37.3 Å². The molecule has 3 N–H and O–H groups in total. The number of piperidine rings is 1. The van der Waals surface area contributed by atoms with Gasteiger partial charge in [0.2, 0.25) is 6.10 Å². The lowest BCUT2D eigenvalue weighted by molar-refractivity contribution is -0.210. The number of ether oxygens (including phenoxy) is 4. The van der Waals surface area contributed by atoms with Gasteiger partial charge in [-0.25, -0.2) is 14.4 Å². The molecule has 4 aliphatic rings. The molecule has 1 fully saturated rings. The van der Waals surface area contributed by atoms with Crippen molar-refractivity contribution in [1.29, 1.82) is 0 Å². The van der Waals surface area contributed by atoms with Crippen LogP contribution in [0.2, 0.25) is 0 Å². The number of aromatic hydroxyl groups is 1. The van der Waals surface area contributed by atoms with Crippen molar-refractivity contribution < 1.29 is 66.6 Å². The predicted octanol–water partition coefficient (Wildman–Crippen LogP) is 1.09. The van der Waals surface area contributed by atoms with Crippen molar-refractivity contribution in [1.82, 2.24) is 4.90 Å². The summed E-state index contributed by atoms with van der Waals surface area (Å²) in [7, 11) is 1.89. The number of hydrogen-bond donors (Lipinski definition) is 3. The summed E-state index contributed by atoms with van der Waals surface area (Å²) < 4.78 is 58.2. The maximum Gasteiger partial charge on any atom is 0.490 e. The predicted molar refractivity (Wildman–Crippen MR) is 126 cm³/mol. The number of halogens is 3. The number of benzene rings is 1. The molecule has 0 saturated carbocycles. The fourth-order valence-corrected chi connectivity index (χ4v) is 6.46. The van der Waals surface area contributed by atoms with Gasteiger partial charge in [-0.05, 0) is 51.1 Å². The number of phenols is 1. The Morgan fingerprint density at radius 1 is 1.20 bits per heavy atom. The van der Waals surface area contributed by atoms with Gasteiger partial charge in [0, 0.05) is 18.0 Å². The first-order chi connectivity index (χ1) is 19.1. The Morgan fingerprint density at radius 3 is 2.56 bits per heavy atom. The number of phenolic OH excluding ortho intramolecular Hbond substituents is 1. The Kier molecular flexibility index (Phi) is 6.72. The molecule has 2 heterocycles. The first-order valence-corrected chi connectivity index (χ1v) is 12.7. The van der Waals surface area contributed by atoms with Crippen LogP contribution in [-0.2, 0) is 45.2 Å². The molecule has 0 radical (unpaired) electrons. The Balaban J connectivity index is 1.37. The summed E-state index contributed by atoms with van der Waals surface area (Å²) in [5.74, 6) is -7.48. The molecule has 1 saturated heterocycles. The number of carboxylic acids is 1. The minimum absolute atomic E-state index is 0.0279. The zero-order valence-corrected chi connectivity index (χ0v) is 21.8. The number of esters is 3. The summed E-state index contributed by atoms with van der Waals surface area (Å²) in [5, 5.41) is 31.6. The molecule has 0 aromatic heterocycles. The van der Waals surface area contributed by atoms with Gasteiger partial charge in [0.1, 0.15) is 5.76 Å². The van der Waals surface area contributed by atoms with Crippen LogP contribution in [0.3, 0.4) is 0 Å². The Labute approximate surface area is 230 Å². The average molecular weight is 585 g/mol. The molecular formula is C26H26F3NO11. The number of hydrogen-bond acceptors (Lipinski definition) is 11. The second-order valence-corrected chi connectivity index (χ2v) is 10.6. The number of aliphatic hydroxyl groups is 1. The van der Waals surface area contributed by atoms with Gasteiger partial charge in [-0.1, -0.05) is 6.07 Å². The molecular weight excluding hydrogens is 559 g/mol. The van der Waals surface area contributed by atoms with Crippen LogP contribution in [-0.4, -0.2) is 93.8 Å². The summed E-state index contributed by atoms with van der Waals surface area (Å²) in [6.07, 6.45) is -9.72. The molecule has 2 aliphatic carbocycles. The third-order valence-corrected chi connectivity index (χ3v) is 8.30. The van der Waals surface area contributed by atoms with Crippen molar-refractivity contribution in [3.63, 3.8) is 0 Å². The third kappa shape index (κ3) is 4.38. The lowest BCUT2D eigenvalue weighted by Crippen LogP contribution is -2.74. The lowest BCUT2D eigenvalue weighted by Gasteiger charge is -2.61. The Hall–Kier alpha value is -3.85. The second-order valence-electron chi connectivity index (χ2n) is 10.6. The maximum atomic E-state index is 12.9. The molecule has 5 rings (SSSR count). The van der Waals surface area contributed by atoms with E-state index in [4.69, 9.17) is 19.3 Å². The van der Waals surface area contributed by atoms with Crippen molar-refractivity contribution >= 4 is 23.9 Å². The molecule has 0 amide bonds. The molecule has 15 heteroatoms. The van der Waals surface area contributed by atoms with E-state index in [-0.39, 0.29) is 29.7 Å². The van der Waals surface area contributed by atoms with Crippen molar-refractivity contribution in [2.45, 2.75) is 74.2 Å². The molecule has 222 valence electrons. The molecule has 2 bridgehead atoms. The van der Waals surface area contributed by atoms with E-state index in [0.29, 0.717) is 24.9 Å². The number of nitrogens with zero attached hydrogens (tertiary/aromatic N) is 1. The van der Waals surface area contributed by atoms with E-state index in [0.717, 1.165) is 12.5 Å². The van der Waals surface area contributed by atoms with Crippen molar-refractivity contribution in [2.24, 2.45) is 0 Å². The number of likely N-dealkylation sites (tertiary alicyclic amines) is 1. The van der Waals surface area contributed by atoms with Crippen LogP contribution >= 0.6 is 0 Å². The van der Waals surface area contributed by atoms with Crippen molar-refractivity contribution in [3.05, 3.63) is 35.1 Å². The van der Waals surface area contributed by atoms with E-state index in [1.165, 1.54) is 12.1 Å². The van der Waals surface area contributed by atoms with Crippen LogP contribution in [0, 0.1) is 0 Å². The zero-order valence-electron chi connectivity index (χ0n) is 21.8. The number of carboxylic acid groups (broad SMARTS) is 1. The van der Waals surface area contributed by atoms with Gasteiger partial charge in [-0.15, -0.1) is 0 Å². The Morgan fingerprint density at radius 2 is 1.90 bits per heavy atom. The summed E-state index contributed by atoms with van der Waals surface area (Å²) in [4.78, 5) is 49.5. The fourth-order valence-electron chi connectivity index (χ4n) is 6.46. The standard InChI is InChI=1S/C26H26F3NO11/c1-11(38-22(35)15(10-17(32)33)40-23(36)26(27,28)29)21(34)39-14-5-6-25(37)16-9-12-3-4-13(31)19-18(12)24(25,20(14)41-19)7-8-30(16)2/h3-5,11,15-16,20,31,37H,6-10H2,1-2H3,(H,32,33)/t11-,15-,16+,20-,24-,25+/m0/s1. The minimum atomic E-state index is -5.50. The van der Waals surface area contributed by atoms with Crippen molar-refractivity contribution in [3.8, 4) is 11.5 Å². The number of likely N-dealkylation sites (N-methyl/N-ethyl adjacent to an activating group) is 1. The number of carbonyl (C=O) groups excluding carboxylic acids is 3. The van der Waals surface area contributed by atoms with E-state index in [1.807, 2.05) is 11.9 Å². The average Bonchev–Trinajstić information content (AvgIpc) is 3.24. The van der Waals surface area contributed by atoms with Crippen LogP contribution < -0.4 is 4.74 Å². The smallest absolute Gasteiger partial charge is 0.490 e. The van der Waals surface area contributed by atoms with E-state index >= 15 is 0 Å². The summed E-state index contributed by atoms with van der Waals surface area (Å²) in [5.41, 5.74) is -0.904. The van der Waals surface area contributed by atoms with E-state index in [2.05, 4.69) is 4.74 Å². The lowest BCUT2D eigenvalue weighted by atomic mass is 9.50. The van der Waals surface area contributed by atoms with Crippen molar-refractivity contribution in [2.75, 3.05) is 13.6 Å². The molecule has 1 aromatic carbocycles. The van der Waals surface area contributed by atoms with Gasteiger partial charge >= 0.3 is 30.1 Å². The van der Waals surface area contributed by atoms with Crippen LogP contribution in [0.4, 0.5) is 13.2 Å². The molecule has 2 aliphatic heterocycles. The van der Waals surface area contributed by atoms with E-state index in [9.17, 15) is 42.6 Å². The van der Waals surface area contributed by atoms with Gasteiger partial charge in [-0.2, -0.15) is 13.2 Å². The maximum absolute atomic E-state index is 12.9. The van der Waals surface area contributed by atoms with Crippen LogP contribution in [0.15, 0.2) is 24.0 Å². The van der Waals surface area contributed by atoms with Crippen LogP contribution in [0.25, 0.3) is 0 Å². The van der Waals surface area contributed by atoms with Gasteiger partial charge in [-0.3, -0.25) is 4.79 Å². The normalized spacial score (nSPS) is 29.3. The third-order valence-electron chi connectivity index (χ3n) is 8.30. The summed E-state index contributed by atoms with van der Waals surface area (Å²) in [6.45, 7) is 1.60. The fraction of sp³-hybridized carbons (Fsp3) is 0.538. The largest absolute Gasteiger partial charge is 0.504 e. The number of rotatable bonds is 7. The monoisotopic (exact) mass is 585 g/mol. The molecule has 6 atom stereocenters. The first-order valence-electron chi connectivity index (χ1n) is 12.7. The topological polar surface area (TPSA) is 169 Å². The highest BCUT2D eigenvalue weighted by molar-refractivity contribution is 5.87. The molecule has 12 nitrogen and oxygen atoms in total. The van der Waals surface area contributed by atoms with Gasteiger partial charge < -0.3 is 39.2 Å². The molecule has 1 aromatic rings. The minimum Gasteiger partial charge on any atom is -0.504 e. The first kappa shape index (κ1) is 28.7. The highest BCUT2D eigenvalue weighted by Gasteiger charge is 2.72. The highest BCUT2D eigenvalue weighted by Crippen LogP contribution is 2.65. The summed E-state index contributed by atoms with van der Waals surface area (Å²) >= 11 is 0. The van der Waals surface area contributed by atoms with Gasteiger partial charge in [0.25, 0.3) is 0 Å². The highest BCUT2D eigenvalue weighted by atomic mass is 19.4.